The predicted octanol–water partition coefficient (Wildman–Crippen LogP) is 1.80. The van der Waals surface area contributed by atoms with Gasteiger partial charge in [-0.3, -0.25) is 4.99 Å². The average Bonchev–Trinajstić information content (AvgIpc) is 3.17. The van der Waals surface area contributed by atoms with Gasteiger partial charge in [-0.2, -0.15) is 0 Å². The SMILES string of the molecule is CN=C(NCCc1ccc(OC)c(OC)c1OC)N(C)CC1CCOC1. The third-order valence-corrected chi connectivity index (χ3v) is 4.59. The molecule has 1 fully saturated rings. The zero-order chi connectivity index (χ0) is 18.9. The van der Waals surface area contributed by atoms with Crippen LogP contribution in [0.15, 0.2) is 17.1 Å². The van der Waals surface area contributed by atoms with Crippen molar-refractivity contribution in [2.75, 3.05) is 61.7 Å². The molecule has 1 N–H and O–H groups in total. The van der Waals surface area contributed by atoms with Gasteiger partial charge in [0.1, 0.15) is 0 Å². The van der Waals surface area contributed by atoms with E-state index in [1.165, 1.54) is 0 Å². The molecule has 1 aromatic carbocycles. The van der Waals surface area contributed by atoms with Gasteiger partial charge in [-0.1, -0.05) is 6.07 Å². The smallest absolute Gasteiger partial charge is 0.203 e. The van der Waals surface area contributed by atoms with Crippen LogP contribution in [0, 0.1) is 5.92 Å². The van der Waals surface area contributed by atoms with Gasteiger partial charge in [0.15, 0.2) is 17.5 Å². The molecule has 1 aromatic rings. The van der Waals surface area contributed by atoms with Crippen molar-refractivity contribution < 1.29 is 18.9 Å². The van der Waals surface area contributed by atoms with Crippen LogP contribution in [0.4, 0.5) is 0 Å². The van der Waals surface area contributed by atoms with Crippen molar-refractivity contribution in [3.63, 3.8) is 0 Å². The summed E-state index contributed by atoms with van der Waals surface area (Å²) in [5, 5.41) is 3.42. The van der Waals surface area contributed by atoms with E-state index in [1.54, 1.807) is 28.4 Å². The van der Waals surface area contributed by atoms with Crippen molar-refractivity contribution in [1.82, 2.24) is 10.2 Å². The van der Waals surface area contributed by atoms with Crippen molar-refractivity contribution in [3.05, 3.63) is 17.7 Å². The maximum atomic E-state index is 5.54. The Kier molecular flexibility index (Phi) is 7.84. The normalized spacial score (nSPS) is 17.1. The second-order valence-corrected chi connectivity index (χ2v) is 6.33. The standard InChI is InChI=1S/C19H31N3O4/c1-20-19(22(2)12-14-9-11-26-13-14)21-10-8-15-6-7-16(23-3)18(25-5)17(15)24-4/h6-7,14H,8-13H2,1-5H3,(H,20,21). The van der Waals surface area contributed by atoms with Gasteiger partial charge < -0.3 is 29.2 Å². The Bertz CT molecular complexity index is 601. The first kappa shape index (κ1) is 20.2. The van der Waals surface area contributed by atoms with Gasteiger partial charge in [0.05, 0.1) is 27.9 Å². The number of methoxy groups -OCH3 is 3. The van der Waals surface area contributed by atoms with Crippen molar-refractivity contribution in [3.8, 4) is 17.2 Å². The molecule has 0 spiro atoms. The molecule has 7 heteroatoms. The molecule has 1 saturated heterocycles. The van der Waals surface area contributed by atoms with Crippen molar-refractivity contribution in [2.45, 2.75) is 12.8 Å². The monoisotopic (exact) mass is 365 g/mol. The van der Waals surface area contributed by atoms with Crippen LogP contribution in [-0.2, 0) is 11.2 Å². The summed E-state index contributed by atoms with van der Waals surface area (Å²) in [7, 11) is 8.75. The van der Waals surface area contributed by atoms with E-state index in [9.17, 15) is 0 Å². The zero-order valence-corrected chi connectivity index (χ0v) is 16.5. The van der Waals surface area contributed by atoms with Gasteiger partial charge in [-0.05, 0) is 18.9 Å². The fourth-order valence-corrected chi connectivity index (χ4v) is 3.25. The van der Waals surface area contributed by atoms with Crippen LogP contribution < -0.4 is 19.5 Å². The second-order valence-electron chi connectivity index (χ2n) is 6.33. The summed E-state index contributed by atoms with van der Waals surface area (Å²) in [5.74, 6) is 3.45. The van der Waals surface area contributed by atoms with Crippen LogP contribution >= 0.6 is 0 Å². The van der Waals surface area contributed by atoms with Crippen LogP contribution in [0.2, 0.25) is 0 Å². The number of ether oxygens (including phenoxy) is 4. The lowest BCUT2D eigenvalue weighted by atomic mass is 10.1. The number of guanidine groups is 1. The molecular formula is C19H31N3O4. The molecule has 2 rings (SSSR count). The van der Waals surface area contributed by atoms with Crippen molar-refractivity contribution in [1.29, 1.82) is 0 Å². The number of rotatable bonds is 8. The molecule has 0 bridgehead atoms. The van der Waals surface area contributed by atoms with Crippen LogP contribution in [0.1, 0.15) is 12.0 Å². The maximum Gasteiger partial charge on any atom is 0.203 e. The first-order valence-corrected chi connectivity index (χ1v) is 8.91. The van der Waals surface area contributed by atoms with E-state index in [0.29, 0.717) is 23.2 Å². The number of hydrogen-bond donors (Lipinski definition) is 1. The van der Waals surface area contributed by atoms with Gasteiger partial charge in [0.25, 0.3) is 0 Å². The second kappa shape index (κ2) is 10.1. The minimum absolute atomic E-state index is 0.574. The summed E-state index contributed by atoms with van der Waals surface area (Å²) in [6.07, 6.45) is 1.90. The lowest BCUT2D eigenvalue weighted by Crippen LogP contribution is -2.42. The number of aliphatic imine (C=N–C) groups is 1. The molecule has 1 atom stereocenters. The average molecular weight is 365 g/mol. The molecule has 7 nitrogen and oxygen atoms in total. The van der Waals surface area contributed by atoms with Gasteiger partial charge in [-0.25, -0.2) is 0 Å². The van der Waals surface area contributed by atoms with E-state index in [-0.39, 0.29) is 0 Å². The summed E-state index contributed by atoms with van der Waals surface area (Å²) >= 11 is 0. The predicted molar refractivity (Wildman–Crippen MR) is 103 cm³/mol. The van der Waals surface area contributed by atoms with Gasteiger partial charge in [0, 0.05) is 45.3 Å². The molecular weight excluding hydrogens is 334 g/mol. The largest absolute Gasteiger partial charge is 0.493 e. The van der Waals surface area contributed by atoms with Crippen LogP contribution in [-0.4, -0.2) is 72.6 Å². The number of hydrogen-bond acceptors (Lipinski definition) is 5. The molecule has 0 radical (unpaired) electrons. The summed E-state index contributed by atoms with van der Waals surface area (Å²) in [6.45, 7) is 3.39. The Hall–Kier alpha value is -2.15. The lowest BCUT2D eigenvalue weighted by Gasteiger charge is -2.24. The molecule has 146 valence electrons. The minimum Gasteiger partial charge on any atom is -0.493 e. The Labute approximate surface area is 156 Å². The van der Waals surface area contributed by atoms with Gasteiger partial charge >= 0.3 is 0 Å². The Morgan fingerprint density at radius 3 is 2.58 bits per heavy atom. The van der Waals surface area contributed by atoms with Crippen molar-refractivity contribution >= 4 is 5.96 Å². The zero-order valence-electron chi connectivity index (χ0n) is 16.5. The highest BCUT2D eigenvalue weighted by Crippen LogP contribution is 2.39. The summed E-state index contributed by atoms with van der Waals surface area (Å²) < 4.78 is 21.8. The van der Waals surface area contributed by atoms with Crippen molar-refractivity contribution in [2.24, 2.45) is 10.9 Å². The molecule has 0 aromatic heterocycles. The van der Waals surface area contributed by atoms with Crippen LogP contribution in [0.25, 0.3) is 0 Å². The highest BCUT2D eigenvalue weighted by Gasteiger charge is 2.19. The summed E-state index contributed by atoms with van der Waals surface area (Å²) in [5.41, 5.74) is 1.06. The molecule has 1 heterocycles. The number of nitrogens with one attached hydrogen (secondary N) is 1. The first-order valence-electron chi connectivity index (χ1n) is 8.91. The number of benzene rings is 1. The Balaban J connectivity index is 1.95. The molecule has 1 aliphatic heterocycles. The first-order chi connectivity index (χ1) is 12.6. The minimum atomic E-state index is 0.574. The molecule has 1 unspecified atom stereocenters. The fraction of sp³-hybridized carbons (Fsp3) is 0.632. The van der Waals surface area contributed by atoms with E-state index in [1.807, 2.05) is 12.1 Å². The van der Waals surface area contributed by atoms with E-state index in [2.05, 4.69) is 22.3 Å². The topological polar surface area (TPSA) is 64.6 Å². The third kappa shape index (κ3) is 4.94. The molecule has 1 aliphatic rings. The van der Waals surface area contributed by atoms with Gasteiger partial charge in [-0.15, -0.1) is 0 Å². The molecule has 0 amide bonds. The Morgan fingerprint density at radius 1 is 1.23 bits per heavy atom. The maximum absolute atomic E-state index is 5.54. The third-order valence-electron chi connectivity index (χ3n) is 4.59. The van der Waals surface area contributed by atoms with E-state index in [4.69, 9.17) is 18.9 Å². The summed E-state index contributed by atoms with van der Waals surface area (Å²) in [4.78, 5) is 6.54. The van der Waals surface area contributed by atoms with Crippen LogP contribution in [0.5, 0.6) is 17.2 Å². The van der Waals surface area contributed by atoms with E-state index < -0.39 is 0 Å². The Morgan fingerprint density at radius 2 is 2.00 bits per heavy atom. The van der Waals surface area contributed by atoms with E-state index in [0.717, 1.165) is 50.7 Å². The van der Waals surface area contributed by atoms with Crippen LogP contribution in [0.3, 0.4) is 0 Å². The fourth-order valence-electron chi connectivity index (χ4n) is 3.25. The lowest BCUT2D eigenvalue weighted by molar-refractivity contribution is 0.181. The van der Waals surface area contributed by atoms with Gasteiger partial charge in [0.2, 0.25) is 5.75 Å². The highest BCUT2D eigenvalue weighted by atomic mass is 16.5. The molecule has 0 aliphatic carbocycles. The quantitative estimate of drug-likeness (QED) is 0.560. The molecule has 26 heavy (non-hydrogen) atoms. The molecule has 0 saturated carbocycles. The number of nitrogens with zero attached hydrogens (tertiary/aromatic N) is 2. The van der Waals surface area contributed by atoms with E-state index >= 15 is 0 Å². The summed E-state index contributed by atoms with van der Waals surface area (Å²) in [6, 6.07) is 3.90. The highest BCUT2D eigenvalue weighted by molar-refractivity contribution is 5.79.